The van der Waals surface area contributed by atoms with E-state index in [9.17, 15) is 4.79 Å². The highest BCUT2D eigenvalue weighted by Gasteiger charge is 2.11. The number of amides is 1. The summed E-state index contributed by atoms with van der Waals surface area (Å²) in [6.07, 6.45) is 0. The topological polar surface area (TPSA) is 40.9 Å². The molecule has 0 unspecified atom stereocenters. The van der Waals surface area contributed by atoms with E-state index in [0.717, 1.165) is 10.7 Å². The van der Waals surface area contributed by atoms with Crippen molar-refractivity contribution in [2.24, 2.45) is 0 Å². The molecule has 1 aromatic carbocycles. The van der Waals surface area contributed by atoms with Crippen molar-refractivity contribution in [1.29, 1.82) is 0 Å². The molecular formula is C7H3I3NO. The first-order valence-corrected chi connectivity index (χ1v) is 6.16. The summed E-state index contributed by atoms with van der Waals surface area (Å²) in [5.74, 6) is -0.611. The van der Waals surface area contributed by atoms with Crippen LogP contribution in [0.2, 0.25) is 0 Å². The number of hydrogen-bond donors (Lipinski definition) is 0. The number of halogens is 3. The van der Waals surface area contributed by atoms with Crippen LogP contribution in [0.4, 0.5) is 0 Å². The molecule has 0 fully saturated rings. The lowest BCUT2D eigenvalue weighted by Crippen LogP contribution is -2.05. The Labute approximate surface area is 111 Å². The minimum atomic E-state index is -0.611. The van der Waals surface area contributed by atoms with E-state index >= 15 is 0 Å². The van der Waals surface area contributed by atoms with Crippen molar-refractivity contribution in [1.82, 2.24) is 5.73 Å². The van der Waals surface area contributed by atoms with Gasteiger partial charge < -0.3 is 0 Å². The van der Waals surface area contributed by atoms with Crippen LogP contribution in [-0.2, 0) is 0 Å². The van der Waals surface area contributed by atoms with Gasteiger partial charge in [-0.1, -0.05) is 0 Å². The maximum atomic E-state index is 10.9. The van der Waals surface area contributed by atoms with Crippen LogP contribution in [-0.4, -0.2) is 5.91 Å². The third-order valence-corrected chi connectivity index (χ3v) is 3.56. The molecular weight excluding hydrogens is 495 g/mol. The molecule has 1 aromatic rings. The van der Waals surface area contributed by atoms with Gasteiger partial charge in [0.05, 0.1) is 5.56 Å². The van der Waals surface area contributed by atoms with E-state index < -0.39 is 5.91 Å². The van der Waals surface area contributed by atoms with Crippen LogP contribution in [0.15, 0.2) is 12.1 Å². The number of nitrogens with one attached hydrogen (secondary N) is 1. The van der Waals surface area contributed by atoms with E-state index in [1.807, 2.05) is 12.1 Å². The van der Waals surface area contributed by atoms with Crippen molar-refractivity contribution in [3.05, 3.63) is 28.4 Å². The first-order valence-electron chi connectivity index (χ1n) is 2.93. The minimum absolute atomic E-state index is 0.511. The van der Waals surface area contributed by atoms with Gasteiger partial charge in [-0.25, -0.2) is 0 Å². The molecule has 0 bridgehead atoms. The van der Waals surface area contributed by atoms with Crippen molar-refractivity contribution >= 4 is 73.7 Å². The number of carbonyl (C=O) groups excluding carboxylic acids is 1. The van der Waals surface area contributed by atoms with Crippen LogP contribution in [0.1, 0.15) is 10.4 Å². The predicted molar refractivity (Wildman–Crippen MR) is 72.0 cm³/mol. The van der Waals surface area contributed by atoms with Gasteiger partial charge in [0.15, 0.2) is 0 Å². The summed E-state index contributed by atoms with van der Waals surface area (Å²) in [7, 11) is 0. The molecule has 0 saturated carbocycles. The molecule has 12 heavy (non-hydrogen) atoms. The van der Waals surface area contributed by atoms with Gasteiger partial charge >= 0.3 is 0 Å². The Hall–Kier alpha value is 0.880. The van der Waals surface area contributed by atoms with E-state index in [1.165, 1.54) is 0 Å². The number of carbonyl (C=O) groups is 1. The fourth-order valence-electron chi connectivity index (χ4n) is 0.759. The Morgan fingerprint density at radius 3 is 1.92 bits per heavy atom. The molecule has 63 valence electrons. The summed E-state index contributed by atoms with van der Waals surface area (Å²) >= 11 is 6.34. The van der Waals surface area contributed by atoms with Gasteiger partial charge in [0.1, 0.15) is 0 Å². The largest absolute Gasteiger partial charge is 0.271 e. The SMILES string of the molecule is [NH]C(=O)c1c(I)cc(I)cc1I. The molecule has 1 rings (SSSR count). The van der Waals surface area contributed by atoms with Crippen molar-refractivity contribution in [3.63, 3.8) is 0 Å². The minimum Gasteiger partial charge on any atom is -0.267 e. The molecule has 0 aliphatic heterocycles. The van der Waals surface area contributed by atoms with E-state index in [-0.39, 0.29) is 0 Å². The number of benzene rings is 1. The van der Waals surface area contributed by atoms with Gasteiger partial charge in [0.25, 0.3) is 5.91 Å². The standard InChI is InChI=1S/C7H3I3NO/c8-3-1-4(9)6(7(11)12)5(10)2-3/h1-2,11H. The first-order chi connectivity index (χ1) is 5.52. The normalized spacial score (nSPS) is 9.92. The Bertz CT molecular complexity index is 314. The average Bonchev–Trinajstić information content (AvgIpc) is 1.82. The van der Waals surface area contributed by atoms with Crippen molar-refractivity contribution in [3.8, 4) is 0 Å². The maximum Gasteiger partial charge on any atom is 0.271 e. The molecule has 1 amide bonds. The van der Waals surface area contributed by atoms with E-state index in [2.05, 4.69) is 67.8 Å². The van der Waals surface area contributed by atoms with E-state index in [4.69, 9.17) is 5.73 Å². The quantitative estimate of drug-likeness (QED) is 0.550. The molecule has 0 aromatic heterocycles. The third kappa shape index (κ3) is 2.44. The smallest absolute Gasteiger partial charge is 0.267 e. The highest BCUT2D eigenvalue weighted by atomic mass is 127. The van der Waals surface area contributed by atoms with Crippen molar-refractivity contribution in [2.45, 2.75) is 0 Å². The molecule has 0 heterocycles. The summed E-state index contributed by atoms with van der Waals surface area (Å²) < 4.78 is 2.79. The molecule has 0 saturated heterocycles. The van der Waals surface area contributed by atoms with Gasteiger partial charge in [0, 0.05) is 10.7 Å². The van der Waals surface area contributed by atoms with Gasteiger partial charge in [-0.15, -0.1) is 0 Å². The summed E-state index contributed by atoms with van der Waals surface area (Å²) in [4.78, 5) is 10.9. The molecule has 0 atom stereocenters. The zero-order valence-corrected chi connectivity index (χ0v) is 12.2. The first kappa shape index (κ1) is 11.0. The Morgan fingerprint density at radius 2 is 1.58 bits per heavy atom. The monoisotopic (exact) mass is 498 g/mol. The molecule has 5 heteroatoms. The molecule has 0 aliphatic carbocycles. The Balaban J connectivity index is 3.38. The fourth-order valence-corrected chi connectivity index (χ4v) is 4.83. The second kappa shape index (κ2) is 4.40. The summed E-state index contributed by atoms with van der Waals surface area (Å²) in [5.41, 5.74) is 7.53. The zero-order chi connectivity index (χ0) is 9.30. The average molecular weight is 498 g/mol. The lowest BCUT2D eigenvalue weighted by molar-refractivity contribution is 0.0990. The highest BCUT2D eigenvalue weighted by Crippen LogP contribution is 2.22. The van der Waals surface area contributed by atoms with Gasteiger partial charge in [0.2, 0.25) is 0 Å². The zero-order valence-electron chi connectivity index (χ0n) is 5.70. The lowest BCUT2D eigenvalue weighted by atomic mass is 10.2. The van der Waals surface area contributed by atoms with Crippen LogP contribution in [0.5, 0.6) is 0 Å². The molecule has 0 aliphatic rings. The van der Waals surface area contributed by atoms with Gasteiger partial charge in [-0.3, -0.25) is 10.5 Å². The maximum absolute atomic E-state index is 10.9. The predicted octanol–water partition coefficient (Wildman–Crippen LogP) is 2.92. The Morgan fingerprint density at radius 1 is 1.17 bits per heavy atom. The van der Waals surface area contributed by atoms with Crippen molar-refractivity contribution in [2.75, 3.05) is 0 Å². The van der Waals surface area contributed by atoms with Crippen LogP contribution < -0.4 is 5.73 Å². The summed E-state index contributed by atoms with van der Waals surface area (Å²) in [5, 5.41) is 0. The fraction of sp³-hybridized carbons (Fsp3) is 0. The second-order valence-corrected chi connectivity index (χ2v) is 5.64. The summed E-state index contributed by atoms with van der Waals surface area (Å²) in [6, 6.07) is 3.79. The molecule has 1 N–H and O–H groups in total. The lowest BCUT2D eigenvalue weighted by Gasteiger charge is -2.02. The molecule has 0 spiro atoms. The van der Waals surface area contributed by atoms with Crippen LogP contribution in [0, 0.1) is 10.7 Å². The number of rotatable bonds is 1. The van der Waals surface area contributed by atoms with E-state index in [1.54, 1.807) is 0 Å². The second-order valence-electron chi connectivity index (χ2n) is 2.07. The van der Waals surface area contributed by atoms with Crippen LogP contribution in [0.25, 0.3) is 0 Å². The van der Waals surface area contributed by atoms with E-state index in [0.29, 0.717) is 5.56 Å². The molecule has 2 nitrogen and oxygen atoms in total. The van der Waals surface area contributed by atoms with Gasteiger partial charge in [-0.05, 0) is 79.9 Å². The summed E-state index contributed by atoms with van der Waals surface area (Å²) in [6.45, 7) is 0. The number of hydrogen-bond acceptors (Lipinski definition) is 1. The highest BCUT2D eigenvalue weighted by molar-refractivity contribution is 14.1. The Kier molecular flexibility index (Phi) is 4.02. The molecule has 1 radical (unpaired) electrons. The van der Waals surface area contributed by atoms with Crippen LogP contribution in [0.3, 0.4) is 0 Å². The third-order valence-electron chi connectivity index (χ3n) is 1.23. The van der Waals surface area contributed by atoms with Gasteiger partial charge in [-0.2, -0.15) is 0 Å². The van der Waals surface area contributed by atoms with Crippen molar-refractivity contribution < 1.29 is 4.79 Å². The van der Waals surface area contributed by atoms with Crippen LogP contribution >= 0.6 is 67.8 Å².